The van der Waals surface area contributed by atoms with Gasteiger partial charge in [0.15, 0.2) is 9.84 Å². The number of fused-ring (bicyclic) bond motifs is 1. The van der Waals surface area contributed by atoms with Gasteiger partial charge in [0.1, 0.15) is 5.88 Å². The van der Waals surface area contributed by atoms with Crippen molar-refractivity contribution in [3.05, 3.63) is 28.8 Å². The van der Waals surface area contributed by atoms with E-state index in [1.54, 1.807) is 18.0 Å². The number of hydrogen-bond donors (Lipinski definition) is 0. The molecule has 0 aromatic heterocycles. The molecule has 1 heterocycles. The number of carbonyl (C=O) groups is 1. The lowest BCUT2D eigenvalue weighted by atomic mass is 10.0. The molecule has 0 saturated heterocycles. The van der Waals surface area contributed by atoms with Crippen molar-refractivity contribution in [2.45, 2.75) is 24.8 Å². The third kappa shape index (κ3) is 2.50. The second kappa shape index (κ2) is 4.94. The predicted molar refractivity (Wildman–Crippen MR) is 70.7 cm³/mol. The minimum atomic E-state index is -3.36. The number of hydrogen-bond acceptors (Lipinski definition) is 5. The highest BCUT2D eigenvalue weighted by molar-refractivity contribution is 7.91. The van der Waals surface area contributed by atoms with Crippen LogP contribution in [0.3, 0.4) is 0 Å². The summed E-state index contributed by atoms with van der Waals surface area (Å²) >= 11 is 0. The van der Waals surface area contributed by atoms with Crippen LogP contribution in [0.25, 0.3) is 0 Å². The van der Waals surface area contributed by atoms with Crippen LogP contribution in [0.1, 0.15) is 28.4 Å². The summed E-state index contributed by atoms with van der Waals surface area (Å²) < 4.78 is 29.0. The average molecular weight is 283 g/mol. The number of esters is 1. The Balaban J connectivity index is 2.67. The molecule has 0 radical (unpaired) electrons. The fourth-order valence-corrected chi connectivity index (χ4v) is 4.01. The van der Waals surface area contributed by atoms with Crippen LogP contribution in [0.5, 0.6) is 0 Å². The van der Waals surface area contributed by atoms with Gasteiger partial charge in [0, 0.05) is 6.54 Å². The summed E-state index contributed by atoms with van der Waals surface area (Å²) in [5.41, 5.74) is 1.91. The Morgan fingerprint density at radius 1 is 1.42 bits per heavy atom. The summed E-state index contributed by atoms with van der Waals surface area (Å²) in [6.45, 7) is 2.50. The van der Waals surface area contributed by atoms with Gasteiger partial charge in [-0.15, -0.1) is 0 Å². The highest BCUT2D eigenvalue weighted by atomic mass is 32.2. The fourth-order valence-electron chi connectivity index (χ4n) is 2.38. The number of aryl methyl sites for hydroxylation is 1. The smallest absolute Gasteiger partial charge is 0.338 e. The van der Waals surface area contributed by atoms with Crippen molar-refractivity contribution in [1.82, 2.24) is 4.90 Å². The van der Waals surface area contributed by atoms with Crippen LogP contribution < -0.4 is 0 Å². The molecule has 104 valence electrons. The van der Waals surface area contributed by atoms with Crippen LogP contribution in [0.4, 0.5) is 0 Å². The maximum atomic E-state index is 12.2. The van der Waals surface area contributed by atoms with Crippen molar-refractivity contribution in [3.8, 4) is 0 Å². The van der Waals surface area contributed by atoms with Crippen molar-refractivity contribution in [1.29, 1.82) is 0 Å². The molecule has 2 rings (SSSR count). The molecule has 1 aliphatic heterocycles. The normalized spacial score (nSPS) is 17.8. The summed E-state index contributed by atoms with van der Waals surface area (Å²) in [5.74, 6) is -0.514. The number of rotatable bonds is 2. The lowest BCUT2D eigenvalue weighted by Gasteiger charge is -2.26. The quantitative estimate of drug-likeness (QED) is 0.763. The first kappa shape index (κ1) is 14.0. The topological polar surface area (TPSA) is 63.7 Å². The van der Waals surface area contributed by atoms with Gasteiger partial charge < -0.3 is 4.74 Å². The first-order valence-electron chi connectivity index (χ1n) is 6.04. The third-order valence-electron chi connectivity index (χ3n) is 3.24. The summed E-state index contributed by atoms with van der Waals surface area (Å²) in [6.07, 6.45) is 0.654. The summed E-state index contributed by atoms with van der Waals surface area (Å²) in [5, 5.41) is 0. The predicted octanol–water partition coefficient (Wildman–Crippen LogP) is 1.21. The minimum Gasteiger partial charge on any atom is -0.465 e. The summed E-state index contributed by atoms with van der Waals surface area (Å²) in [4.78, 5) is 13.7. The molecule has 0 aliphatic carbocycles. The molecule has 0 atom stereocenters. The monoisotopic (exact) mass is 283 g/mol. The van der Waals surface area contributed by atoms with Crippen molar-refractivity contribution in [2.24, 2.45) is 0 Å². The van der Waals surface area contributed by atoms with E-state index in [4.69, 9.17) is 4.74 Å². The molecule has 0 unspecified atom stereocenters. The molecular weight excluding hydrogens is 266 g/mol. The molecule has 5 nitrogen and oxygen atoms in total. The van der Waals surface area contributed by atoms with Gasteiger partial charge in [-0.3, -0.25) is 4.90 Å². The molecule has 1 aromatic rings. The molecule has 0 bridgehead atoms. The number of sulfone groups is 1. The van der Waals surface area contributed by atoms with E-state index in [2.05, 4.69) is 0 Å². The Bertz CT molecular complexity index is 622. The lowest BCUT2D eigenvalue weighted by Crippen LogP contribution is -2.32. The van der Waals surface area contributed by atoms with Gasteiger partial charge in [-0.1, -0.05) is 13.0 Å². The maximum absolute atomic E-state index is 12.2. The first-order chi connectivity index (χ1) is 8.89. The highest BCUT2D eigenvalue weighted by Crippen LogP contribution is 2.28. The molecule has 19 heavy (non-hydrogen) atoms. The molecular formula is C13H17NO4S. The molecule has 0 fully saturated rings. The van der Waals surface area contributed by atoms with E-state index in [0.29, 0.717) is 18.5 Å². The molecule has 0 saturated carbocycles. The number of benzene rings is 1. The Kier molecular flexibility index (Phi) is 3.64. The third-order valence-corrected chi connectivity index (χ3v) is 5.07. The Morgan fingerprint density at radius 2 is 2.11 bits per heavy atom. The number of carbonyl (C=O) groups excluding carboxylic acids is 1. The van der Waals surface area contributed by atoms with E-state index in [9.17, 15) is 13.2 Å². The van der Waals surface area contributed by atoms with E-state index in [-0.39, 0.29) is 10.8 Å². The zero-order valence-electron chi connectivity index (χ0n) is 11.3. The maximum Gasteiger partial charge on any atom is 0.338 e. The van der Waals surface area contributed by atoms with Gasteiger partial charge in [0.2, 0.25) is 0 Å². The molecule has 0 spiro atoms. The van der Waals surface area contributed by atoms with E-state index >= 15 is 0 Å². The number of nitrogens with zero attached hydrogens (tertiary/aromatic N) is 1. The molecule has 6 heteroatoms. The van der Waals surface area contributed by atoms with Gasteiger partial charge in [-0.25, -0.2) is 13.2 Å². The van der Waals surface area contributed by atoms with E-state index in [1.807, 2.05) is 6.92 Å². The Hall–Kier alpha value is -1.40. The first-order valence-corrected chi connectivity index (χ1v) is 7.69. The zero-order chi connectivity index (χ0) is 14.2. The van der Waals surface area contributed by atoms with Gasteiger partial charge in [-0.05, 0) is 30.7 Å². The fraction of sp³-hybridized carbons (Fsp3) is 0.462. The Labute approximate surface area is 113 Å². The van der Waals surface area contributed by atoms with Crippen LogP contribution in [0.15, 0.2) is 17.0 Å². The van der Waals surface area contributed by atoms with Gasteiger partial charge in [-0.2, -0.15) is 0 Å². The van der Waals surface area contributed by atoms with Crippen LogP contribution in [0, 0.1) is 0 Å². The highest BCUT2D eigenvalue weighted by Gasteiger charge is 2.29. The minimum absolute atomic E-state index is 0.0217. The molecule has 0 amide bonds. The molecule has 0 N–H and O–H groups in total. The SMILES string of the molecule is CCc1cc2c(cc1C(=O)OC)S(=O)(=O)CN(C)C2. The van der Waals surface area contributed by atoms with Crippen LogP contribution >= 0.6 is 0 Å². The molecule has 1 aliphatic rings. The Morgan fingerprint density at radius 3 is 2.68 bits per heavy atom. The van der Waals surface area contributed by atoms with Crippen LogP contribution in [0.2, 0.25) is 0 Å². The van der Waals surface area contributed by atoms with Gasteiger partial charge >= 0.3 is 5.97 Å². The van der Waals surface area contributed by atoms with E-state index in [1.165, 1.54) is 13.2 Å². The standard InChI is InChI=1S/C13H17NO4S/c1-4-9-5-10-7-14(2)8-19(16,17)12(10)6-11(9)13(15)18-3/h5-6H,4,7-8H2,1-3H3. The summed E-state index contributed by atoms with van der Waals surface area (Å²) in [6, 6.07) is 3.26. The van der Waals surface area contributed by atoms with Crippen molar-refractivity contribution < 1.29 is 17.9 Å². The molecule has 1 aromatic carbocycles. The van der Waals surface area contributed by atoms with Crippen LogP contribution in [-0.2, 0) is 27.5 Å². The largest absolute Gasteiger partial charge is 0.465 e. The lowest BCUT2D eigenvalue weighted by molar-refractivity contribution is 0.0599. The van der Waals surface area contributed by atoms with Crippen molar-refractivity contribution in [2.75, 3.05) is 20.0 Å². The van der Waals surface area contributed by atoms with Gasteiger partial charge in [0.25, 0.3) is 0 Å². The van der Waals surface area contributed by atoms with Crippen molar-refractivity contribution in [3.63, 3.8) is 0 Å². The average Bonchev–Trinajstić information content (AvgIpc) is 2.35. The van der Waals surface area contributed by atoms with E-state index < -0.39 is 15.8 Å². The van der Waals surface area contributed by atoms with Gasteiger partial charge in [0.05, 0.1) is 17.6 Å². The van der Waals surface area contributed by atoms with E-state index in [0.717, 1.165) is 11.1 Å². The zero-order valence-corrected chi connectivity index (χ0v) is 12.1. The van der Waals surface area contributed by atoms with Crippen molar-refractivity contribution >= 4 is 15.8 Å². The number of ether oxygens (including phenoxy) is 1. The van der Waals surface area contributed by atoms with Crippen LogP contribution in [-0.4, -0.2) is 39.3 Å². The number of methoxy groups -OCH3 is 1. The second-order valence-electron chi connectivity index (χ2n) is 4.72. The summed E-state index contributed by atoms with van der Waals surface area (Å²) in [7, 11) is -0.303. The second-order valence-corrected chi connectivity index (χ2v) is 6.65.